The first-order chi connectivity index (χ1) is 9.01. The lowest BCUT2D eigenvalue weighted by Crippen LogP contribution is -2.62. The van der Waals surface area contributed by atoms with Crippen LogP contribution in [0.2, 0.25) is 0 Å². The number of nitrogens with zero attached hydrogens (tertiary/aromatic N) is 2. The van der Waals surface area contributed by atoms with E-state index in [1.165, 1.54) is 18.4 Å². The van der Waals surface area contributed by atoms with Gasteiger partial charge in [0.1, 0.15) is 5.76 Å². The molecule has 0 radical (unpaired) electrons. The highest BCUT2D eigenvalue weighted by Gasteiger charge is 2.35. The van der Waals surface area contributed by atoms with E-state index in [-0.39, 0.29) is 5.54 Å². The average molecular weight is 265 g/mol. The van der Waals surface area contributed by atoms with Crippen LogP contribution in [0.3, 0.4) is 0 Å². The quantitative estimate of drug-likeness (QED) is 0.908. The summed E-state index contributed by atoms with van der Waals surface area (Å²) in [5.41, 5.74) is 2.56. The Kier molecular flexibility index (Phi) is 4.31. The predicted molar refractivity (Wildman–Crippen MR) is 77.2 cm³/mol. The molecule has 19 heavy (non-hydrogen) atoms. The Morgan fingerprint density at radius 3 is 2.58 bits per heavy atom. The van der Waals surface area contributed by atoms with Gasteiger partial charge < -0.3 is 9.84 Å². The van der Waals surface area contributed by atoms with Crippen molar-refractivity contribution in [1.29, 1.82) is 0 Å². The van der Waals surface area contributed by atoms with Crippen molar-refractivity contribution >= 4 is 0 Å². The molecule has 1 aromatic heterocycles. The van der Waals surface area contributed by atoms with Crippen LogP contribution < -0.4 is 5.32 Å². The Morgan fingerprint density at radius 1 is 1.37 bits per heavy atom. The van der Waals surface area contributed by atoms with Gasteiger partial charge in [0.05, 0.1) is 5.69 Å². The Labute approximate surface area is 116 Å². The largest absolute Gasteiger partial charge is 0.361 e. The van der Waals surface area contributed by atoms with Crippen LogP contribution in [0.5, 0.6) is 0 Å². The second kappa shape index (κ2) is 5.63. The van der Waals surface area contributed by atoms with Gasteiger partial charge in [0.25, 0.3) is 0 Å². The van der Waals surface area contributed by atoms with Gasteiger partial charge in [-0.2, -0.15) is 0 Å². The highest BCUT2D eigenvalue weighted by atomic mass is 16.5. The van der Waals surface area contributed by atoms with Crippen LogP contribution in [-0.4, -0.2) is 34.7 Å². The molecule has 0 aliphatic carbocycles. The molecule has 0 spiro atoms. The lowest BCUT2D eigenvalue weighted by Gasteiger charge is -2.46. The summed E-state index contributed by atoms with van der Waals surface area (Å²) in [7, 11) is 0. The van der Waals surface area contributed by atoms with Crippen molar-refractivity contribution in [3.63, 3.8) is 0 Å². The van der Waals surface area contributed by atoms with Gasteiger partial charge in [0, 0.05) is 36.8 Å². The maximum absolute atomic E-state index is 5.28. The fraction of sp³-hybridized carbons (Fsp3) is 0.800. The molecule has 1 unspecified atom stereocenters. The lowest BCUT2D eigenvalue weighted by atomic mass is 9.88. The number of piperazine rings is 1. The standard InChI is InChI=1S/C15H27N3O/c1-6-15(7-2)10-18(11(3)8-16-15)9-14-12(4)17-19-13(14)5/h11,16H,6-10H2,1-5H3. The Hall–Kier alpha value is -0.870. The summed E-state index contributed by atoms with van der Waals surface area (Å²) in [5, 5.41) is 7.81. The number of hydrogen-bond acceptors (Lipinski definition) is 4. The summed E-state index contributed by atoms with van der Waals surface area (Å²) in [5.74, 6) is 0.960. The van der Waals surface area contributed by atoms with Gasteiger partial charge in [-0.3, -0.25) is 4.90 Å². The van der Waals surface area contributed by atoms with E-state index in [2.05, 4.69) is 36.1 Å². The summed E-state index contributed by atoms with van der Waals surface area (Å²) in [6.07, 6.45) is 2.35. The minimum atomic E-state index is 0.269. The summed E-state index contributed by atoms with van der Waals surface area (Å²) in [6.45, 7) is 14.0. The first kappa shape index (κ1) is 14.5. The molecule has 1 fully saturated rings. The molecule has 0 saturated carbocycles. The number of aryl methyl sites for hydroxylation is 2. The third-order valence-corrected chi connectivity index (χ3v) is 4.80. The Morgan fingerprint density at radius 2 is 2.05 bits per heavy atom. The van der Waals surface area contributed by atoms with Crippen molar-refractivity contribution in [2.45, 2.75) is 65.6 Å². The first-order valence-corrected chi connectivity index (χ1v) is 7.42. The maximum atomic E-state index is 5.28. The van der Waals surface area contributed by atoms with E-state index in [1.807, 2.05) is 13.8 Å². The SMILES string of the molecule is CCC1(CC)CN(Cc2c(C)noc2C)C(C)CN1. The van der Waals surface area contributed by atoms with Gasteiger partial charge in [-0.25, -0.2) is 0 Å². The Balaban J connectivity index is 2.14. The number of aromatic nitrogens is 1. The van der Waals surface area contributed by atoms with E-state index >= 15 is 0 Å². The molecule has 0 amide bonds. The van der Waals surface area contributed by atoms with E-state index in [4.69, 9.17) is 4.52 Å². The van der Waals surface area contributed by atoms with E-state index in [0.29, 0.717) is 6.04 Å². The van der Waals surface area contributed by atoms with Crippen LogP contribution in [0, 0.1) is 13.8 Å². The molecule has 4 heteroatoms. The maximum Gasteiger partial charge on any atom is 0.138 e. The van der Waals surface area contributed by atoms with Crippen LogP contribution in [-0.2, 0) is 6.54 Å². The van der Waals surface area contributed by atoms with Crippen LogP contribution in [0.4, 0.5) is 0 Å². The van der Waals surface area contributed by atoms with Crippen molar-refractivity contribution in [1.82, 2.24) is 15.4 Å². The third kappa shape index (κ3) is 2.84. The molecule has 4 nitrogen and oxygen atoms in total. The predicted octanol–water partition coefficient (Wildman–Crippen LogP) is 2.64. The van der Waals surface area contributed by atoms with Crippen molar-refractivity contribution in [2.75, 3.05) is 13.1 Å². The molecule has 1 atom stereocenters. The molecule has 1 N–H and O–H groups in total. The van der Waals surface area contributed by atoms with Gasteiger partial charge in [-0.1, -0.05) is 19.0 Å². The zero-order valence-electron chi connectivity index (χ0n) is 12.9. The molecule has 108 valence electrons. The van der Waals surface area contributed by atoms with Crippen molar-refractivity contribution in [3.8, 4) is 0 Å². The topological polar surface area (TPSA) is 41.3 Å². The van der Waals surface area contributed by atoms with Crippen LogP contribution >= 0.6 is 0 Å². The average Bonchev–Trinajstić information content (AvgIpc) is 2.73. The van der Waals surface area contributed by atoms with Crippen molar-refractivity contribution < 1.29 is 4.52 Å². The zero-order chi connectivity index (χ0) is 14.0. The fourth-order valence-corrected chi connectivity index (χ4v) is 2.96. The molecule has 1 aliphatic rings. The monoisotopic (exact) mass is 265 g/mol. The molecule has 0 aromatic carbocycles. The fourth-order valence-electron chi connectivity index (χ4n) is 2.96. The lowest BCUT2D eigenvalue weighted by molar-refractivity contribution is 0.0741. The normalized spacial score (nSPS) is 23.7. The molecule has 1 saturated heterocycles. The molecular weight excluding hydrogens is 238 g/mol. The molecule has 1 aliphatic heterocycles. The van der Waals surface area contributed by atoms with Gasteiger partial charge in [-0.05, 0) is 33.6 Å². The zero-order valence-corrected chi connectivity index (χ0v) is 12.9. The molecule has 1 aromatic rings. The Bertz CT molecular complexity index is 404. The molecule has 2 heterocycles. The minimum Gasteiger partial charge on any atom is -0.361 e. The summed E-state index contributed by atoms with van der Waals surface area (Å²) in [4.78, 5) is 2.57. The number of hydrogen-bond donors (Lipinski definition) is 1. The third-order valence-electron chi connectivity index (χ3n) is 4.80. The van der Waals surface area contributed by atoms with Crippen LogP contribution in [0.15, 0.2) is 4.52 Å². The van der Waals surface area contributed by atoms with Gasteiger partial charge in [0.15, 0.2) is 0 Å². The minimum absolute atomic E-state index is 0.269. The summed E-state index contributed by atoms with van der Waals surface area (Å²) >= 11 is 0. The second-order valence-corrected chi connectivity index (χ2v) is 5.93. The molecule has 0 bridgehead atoms. The highest BCUT2D eigenvalue weighted by molar-refractivity contribution is 5.21. The van der Waals surface area contributed by atoms with Gasteiger partial charge >= 0.3 is 0 Å². The van der Waals surface area contributed by atoms with Crippen molar-refractivity contribution in [3.05, 3.63) is 17.0 Å². The van der Waals surface area contributed by atoms with Crippen LogP contribution in [0.1, 0.15) is 50.6 Å². The second-order valence-electron chi connectivity index (χ2n) is 5.93. The molecule has 2 rings (SSSR count). The van der Waals surface area contributed by atoms with Gasteiger partial charge in [-0.15, -0.1) is 0 Å². The van der Waals surface area contributed by atoms with E-state index in [9.17, 15) is 0 Å². The van der Waals surface area contributed by atoms with Crippen molar-refractivity contribution in [2.24, 2.45) is 0 Å². The number of rotatable bonds is 4. The highest BCUT2D eigenvalue weighted by Crippen LogP contribution is 2.25. The van der Waals surface area contributed by atoms with E-state index < -0.39 is 0 Å². The number of nitrogens with one attached hydrogen (secondary N) is 1. The summed E-state index contributed by atoms with van der Waals surface area (Å²) in [6, 6.07) is 0.555. The smallest absolute Gasteiger partial charge is 0.138 e. The van der Waals surface area contributed by atoms with Gasteiger partial charge in [0.2, 0.25) is 0 Å². The van der Waals surface area contributed by atoms with E-state index in [0.717, 1.165) is 31.1 Å². The van der Waals surface area contributed by atoms with Crippen LogP contribution in [0.25, 0.3) is 0 Å². The molecular formula is C15H27N3O. The summed E-state index contributed by atoms with van der Waals surface area (Å²) < 4.78 is 5.28. The van der Waals surface area contributed by atoms with E-state index in [1.54, 1.807) is 0 Å². The first-order valence-electron chi connectivity index (χ1n) is 7.42.